The summed E-state index contributed by atoms with van der Waals surface area (Å²) in [4.78, 5) is 0.303. The molecule has 0 aliphatic heterocycles. The Morgan fingerprint density at radius 1 is 1.40 bits per heavy atom. The van der Waals surface area contributed by atoms with Crippen molar-refractivity contribution in [2.45, 2.75) is 43.0 Å². The van der Waals surface area contributed by atoms with Crippen molar-refractivity contribution in [1.29, 1.82) is 0 Å². The number of ether oxygens (including phenoxy) is 1. The normalized spacial score (nSPS) is 17.6. The fourth-order valence-electron chi connectivity index (χ4n) is 2.48. The Bertz CT molecular complexity index is 580. The molecule has 0 saturated heterocycles. The van der Waals surface area contributed by atoms with Gasteiger partial charge in [-0.15, -0.1) is 0 Å². The van der Waals surface area contributed by atoms with Crippen LogP contribution in [0.25, 0.3) is 0 Å². The van der Waals surface area contributed by atoms with Crippen LogP contribution in [0.2, 0.25) is 0 Å². The summed E-state index contributed by atoms with van der Waals surface area (Å²) >= 11 is 0. The largest absolute Gasteiger partial charge is 0.497 e. The average molecular weight is 298 g/mol. The van der Waals surface area contributed by atoms with Gasteiger partial charge in [0.25, 0.3) is 0 Å². The fraction of sp³-hybridized carbons (Fsp3) is 0.571. The molecule has 5 nitrogen and oxygen atoms in total. The summed E-state index contributed by atoms with van der Waals surface area (Å²) in [5, 5.41) is 0. The van der Waals surface area contributed by atoms with Gasteiger partial charge in [0.2, 0.25) is 10.0 Å². The Morgan fingerprint density at radius 3 is 2.60 bits per heavy atom. The van der Waals surface area contributed by atoms with Gasteiger partial charge in [-0.25, -0.2) is 13.1 Å². The molecule has 0 aromatic heterocycles. The molecule has 0 bridgehead atoms. The molecule has 1 aromatic carbocycles. The Balaban J connectivity index is 2.34. The Morgan fingerprint density at radius 2 is 2.10 bits per heavy atom. The molecule has 0 heterocycles. The second-order valence-electron chi connectivity index (χ2n) is 5.53. The Labute approximate surface area is 120 Å². The zero-order valence-corrected chi connectivity index (χ0v) is 12.8. The van der Waals surface area contributed by atoms with E-state index in [1.165, 1.54) is 0 Å². The first-order valence-electron chi connectivity index (χ1n) is 6.81. The van der Waals surface area contributed by atoms with Gasteiger partial charge in [-0.3, -0.25) is 0 Å². The van der Waals surface area contributed by atoms with Crippen molar-refractivity contribution in [3.05, 3.63) is 23.8 Å². The molecule has 20 heavy (non-hydrogen) atoms. The molecule has 1 aliphatic carbocycles. The quantitative estimate of drug-likeness (QED) is 0.832. The van der Waals surface area contributed by atoms with Gasteiger partial charge < -0.3 is 10.5 Å². The van der Waals surface area contributed by atoms with Gasteiger partial charge in [-0.05, 0) is 62.9 Å². The lowest BCUT2D eigenvalue weighted by Gasteiger charge is -2.38. The lowest BCUT2D eigenvalue weighted by Crippen LogP contribution is -2.50. The molecular weight excluding hydrogens is 276 g/mol. The van der Waals surface area contributed by atoms with Gasteiger partial charge in [0.15, 0.2) is 0 Å². The van der Waals surface area contributed by atoms with Crippen LogP contribution in [0.4, 0.5) is 0 Å². The number of hydrogen-bond donors (Lipinski definition) is 2. The van der Waals surface area contributed by atoms with E-state index in [1.807, 2.05) is 6.92 Å². The first-order valence-corrected chi connectivity index (χ1v) is 8.29. The standard InChI is InChI=1S/C14H22N2O3S/c1-14(7-3-8-14)16-20(17,18)13-5-4-12(19-2)10-11(13)6-9-15/h4-5,10,16H,3,6-9,15H2,1-2H3. The van der Waals surface area contributed by atoms with E-state index in [9.17, 15) is 8.42 Å². The highest BCUT2D eigenvalue weighted by Gasteiger charge is 2.36. The third kappa shape index (κ3) is 3.13. The molecule has 112 valence electrons. The second kappa shape index (κ2) is 5.71. The van der Waals surface area contributed by atoms with Crippen LogP contribution in [0.15, 0.2) is 23.1 Å². The van der Waals surface area contributed by atoms with E-state index < -0.39 is 10.0 Å². The number of benzene rings is 1. The molecule has 6 heteroatoms. The molecular formula is C14H22N2O3S. The minimum absolute atomic E-state index is 0.303. The van der Waals surface area contributed by atoms with Crippen LogP contribution in [0.1, 0.15) is 31.7 Å². The predicted octanol–water partition coefficient (Wildman–Crippen LogP) is 1.42. The number of nitrogens with one attached hydrogen (secondary N) is 1. The molecule has 1 aromatic rings. The molecule has 3 N–H and O–H groups in total. The zero-order chi connectivity index (χ0) is 14.8. The van der Waals surface area contributed by atoms with Gasteiger partial charge in [-0.2, -0.15) is 0 Å². The monoisotopic (exact) mass is 298 g/mol. The molecule has 2 rings (SSSR count). The van der Waals surface area contributed by atoms with Crippen molar-refractivity contribution < 1.29 is 13.2 Å². The number of rotatable bonds is 6. The van der Waals surface area contributed by atoms with E-state index in [-0.39, 0.29) is 5.54 Å². The lowest BCUT2D eigenvalue weighted by atomic mass is 9.80. The van der Waals surface area contributed by atoms with E-state index in [0.29, 0.717) is 29.2 Å². The van der Waals surface area contributed by atoms with Gasteiger partial charge in [0, 0.05) is 5.54 Å². The molecule has 1 fully saturated rings. The van der Waals surface area contributed by atoms with Crippen LogP contribution in [0.3, 0.4) is 0 Å². The van der Waals surface area contributed by atoms with Crippen LogP contribution in [0.5, 0.6) is 5.75 Å². The molecule has 0 radical (unpaired) electrons. The third-order valence-electron chi connectivity index (χ3n) is 3.81. The number of hydrogen-bond acceptors (Lipinski definition) is 4. The maximum Gasteiger partial charge on any atom is 0.241 e. The summed E-state index contributed by atoms with van der Waals surface area (Å²) in [5.41, 5.74) is 5.96. The van der Waals surface area contributed by atoms with Crippen molar-refractivity contribution in [3.8, 4) is 5.75 Å². The smallest absolute Gasteiger partial charge is 0.241 e. The SMILES string of the molecule is COc1ccc(S(=O)(=O)NC2(C)CCC2)c(CCN)c1. The number of sulfonamides is 1. The van der Waals surface area contributed by atoms with Gasteiger partial charge in [0.1, 0.15) is 5.75 Å². The molecule has 0 spiro atoms. The first kappa shape index (κ1) is 15.3. The fourth-order valence-corrected chi connectivity index (χ4v) is 4.20. The zero-order valence-electron chi connectivity index (χ0n) is 12.0. The molecule has 0 atom stereocenters. The van der Waals surface area contributed by atoms with Crippen molar-refractivity contribution in [2.24, 2.45) is 5.73 Å². The Kier molecular flexibility index (Phi) is 4.36. The van der Waals surface area contributed by atoms with Gasteiger partial charge >= 0.3 is 0 Å². The molecule has 1 aliphatic rings. The molecule has 1 saturated carbocycles. The minimum Gasteiger partial charge on any atom is -0.497 e. The number of methoxy groups -OCH3 is 1. The summed E-state index contributed by atoms with van der Waals surface area (Å²) in [6.07, 6.45) is 3.34. The lowest BCUT2D eigenvalue weighted by molar-refractivity contribution is 0.248. The van der Waals surface area contributed by atoms with Crippen LogP contribution in [-0.4, -0.2) is 27.6 Å². The Hall–Kier alpha value is -1.11. The van der Waals surface area contributed by atoms with Crippen molar-refractivity contribution in [3.63, 3.8) is 0 Å². The van der Waals surface area contributed by atoms with E-state index in [0.717, 1.165) is 19.3 Å². The highest BCUT2D eigenvalue weighted by molar-refractivity contribution is 7.89. The van der Waals surface area contributed by atoms with E-state index >= 15 is 0 Å². The topological polar surface area (TPSA) is 81.4 Å². The van der Waals surface area contributed by atoms with Gasteiger partial charge in [-0.1, -0.05) is 0 Å². The van der Waals surface area contributed by atoms with E-state index in [2.05, 4.69) is 4.72 Å². The number of nitrogens with two attached hydrogens (primary N) is 1. The molecule has 0 unspecified atom stereocenters. The summed E-state index contributed by atoms with van der Waals surface area (Å²) < 4.78 is 33.0. The highest BCUT2D eigenvalue weighted by Crippen LogP contribution is 2.33. The molecule has 0 amide bonds. The van der Waals surface area contributed by atoms with E-state index in [4.69, 9.17) is 10.5 Å². The minimum atomic E-state index is -3.52. The average Bonchev–Trinajstić information content (AvgIpc) is 2.36. The van der Waals surface area contributed by atoms with Crippen molar-refractivity contribution >= 4 is 10.0 Å². The van der Waals surface area contributed by atoms with Crippen LogP contribution < -0.4 is 15.2 Å². The first-order chi connectivity index (χ1) is 9.40. The van der Waals surface area contributed by atoms with E-state index in [1.54, 1.807) is 25.3 Å². The van der Waals surface area contributed by atoms with Crippen LogP contribution in [0, 0.1) is 0 Å². The maximum atomic E-state index is 12.5. The summed E-state index contributed by atoms with van der Waals surface area (Å²) in [6, 6.07) is 5.00. The summed E-state index contributed by atoms with van der Waals surface area (Å²) in [5.74, 6) is 0.641. The van der Waals surface area contributed by atoms with Crippen LogP contribution in [-0.2, 0) is 16.4 Å². The summed E-state index contributed by atoms with van der Waals surface area (Å²) in [7, 11) is -1.96. The van der Waals surface area contributed by atoms with Crippen molar-refractivity contribution in [1.82, 2.24) is 4.72 Å². The summed E-state index contributed by atoms with van der Waals surface area (Å²) in [6.45, 7) is 2.34. The van der Waals surface area contributed by atoms with Crippen molar-refractivity contribution in [2.75, 3.05) is 13.7 Å². The second-order valence-corrected chi connectivity index (χ2v) is 7.18. The highest BCUT2D eigenvalue weighted by atomic mass is 32.2. The maximum absolute atomic E-state index is 12.5. The van der Waals surface area contributed by atoms with Gasteiger partial charge in [0.05, 0.1) is 12.0 Å². The third-order valence-corrected chi connectivity index (χ3v) is 5.55. The van der Waals surface area contributed by atoms with Crippen LogP contribution >= 0.6 is 0 Å². The predicted molar refractivity (Wildman–Crippen MR) is 78.3 cm³/mol.